The summed E-state index contributed by atoms with van der Waals surface area (Å²) in [5.41, 5.74) is 2.77. The van der Waals surface area contributed by atoms with E-state index in [1.807, 2.05) is 194 Å². The van der Waals surface area contributed by atoms with E-state index in [1.165, 1.54) is 0 Å². The van der Waals surface area contributed by atoms with E-state index in [-0.39, 0.29) is 0 Å². The SMILES string of the molecule is O=[P@](Nc1ccccc1)(Oc1ccccc1)N1CCN([P@](=O)(Nc2ccccc2)Oc2ccccc2)CC1.O=[P@](Nc1ccccc1)(Oc1ccccc1)N1CCN([P@](=O)(Nc2ccccc2)Oc2ccccc2)CC1. The molecular formula is C56H60N8O8P4. The summed E-state index contributed by atoms with van der Waals surface area (Å²) in [6, 6.07) is 73.9. The molecule has 2 saturated heterocycles. The standard InChI is InChI=1S/2C28H30N4O4P2/c2*33-37(29-25-13-5-1-6-14-25,35-27-17-9-3-10-18-27)31-21-23-32(24-22-31)38(34,30-26-15-7-2-8-16-26)36-28-19-11-4-12-20-28/h2*1-20H,21-24H2,(H,29,33)(H,30,34)/t2*37-,38+. The molecule has 0 amide bonds. The quantitative estimate of drug-likeness (QED) is 0.0532. The Morgan fingerprint density at radius 1 is 0.237 bits per heavy atom. The zero-order chi connectivity index (χ0) is 52.5. The number of nitrogens with one attached hydrogen (secondary N) is 4. The summed E-state index contributed by atoms with van der Waals surface area (Å²) in [5, 5.41) is 12.5. The molecule has 2 heterocycles. The van der Waals surface area contributed by atoms with E-state index in [1.54, 1.807) is 67.2 Å². The molecular weight excluding hydrogens is 1040 g/mol. The van der Waals surface area contributed by atoms with Crippen LogP contribution in [0.2, 0.25) is 0 Å². The molecule has 2 aliphatic rings. The highest BCUT2D eigenvalue weighted by molar-refractivity contribution is 7.59. The first kappa shape index (κ1) is 53.7. The van der Waals surface area contributed by atoms with E-state index in [9.17, 15) is 18.3 Å². The van der Waals surface area contributed by atoms with Crippen LogP contribution in [0.4, 0.5) is 22.7 Å². The third-order valence-electron chi connectivity index (χ3n) is 12.0. The van der Waals surface area contributed by atoms with Crippen molar-refractivity contribution in [2.45, 2.75) is 0 Å². The number of rotatable bonds is 20. The van der Waals surface area contributed by atoms with Crippen molar-refractivity contribution < 1.29 is 36.4 Å². The normalized spacial score (nSPS) is 17.5. The number of hydrogen-bond acceptors (Lipinski definition) is 8. The molecule has 76 heavy (non-hydrogen) atoms. The predicted molar refractivity (Wildman–Crippen MR) is 305 cm³/mol. The zero-order valence-electron chi connectivity index (χ0n) is 41.6. The minimum atomic E-state index is -3.54. The van der Waals surface area contributed by atoms with Gasteiger partial charge < -0.3 is 18.1 Å². The Balaban J connectivity index is 0.000000186. The van der Waals surface area contributed by atoms with Gasteiger partial charge >= 0.3 is 30.7 Å². The van der Waals surface area contributed by atoms with Crippen LogP contribution in [0, 0.1) is 0 Å². The van der Waals surface area contributed by atoms with Crippen molar-refractivity contribution in [3.8, 4) is 23.0 Å². The van der Waals surface area contributed by atoms with Crippen LogP contribution >= 0.6 is 30.7 Å². The largest absolute Gasteiger partial charge is 0.419 e. The number of anilines is 4. The molecule has 2 fully saturated rings. The fourth-order valence-electron chi connectivity index (χ4n) is 8.23. The van der Waals surface area contributed by atoms with Crippen LogP contribution in [0.5, 0.6) is 23.0 Å². The average Bonchev–Trinajstić information content (AvgIpc) is 3.46. The van der Waals surface area contributed by atoms with Gasteiger partial charge in [-0.3, -0.25) is 20.3 Å². The highest BCUT2D eigenvalue weighted by atomic mass is 31.2. The van der Waals surface area contributed by atoms with Crippen LogP contribution in [0.1, 0.15) is 0 Å². The summed E-state index contributed by atoms with van der Waals surface area (Å²) in [7, 11) is -14.2. The van der Waals surface area contributed by atoms with Gasteiger partial charge in [0.15, 0.2) is 0 Å². The maximum atomic E-state index is 14.3. The van der Waals surface area contributed by atoms with Crippen LogP contribution in [0.25, 0.3) is 0 Å². The van der Waals surface area contributed by atoms with E-state index >= 15 is 0 Å². The number of hydrogen-bond donors (Lipinski definition) is 4. The van der Waals surface area contributed by atoms with E-state index < -0.39 is 30.7 Å². The van der Waals surface area contributed by atoms with E-state index in [0.717, 1.165) is 0 Å². The Kier molecular flexibility index (Phi) is 18.1. The fraction of sp³-hybridized carbons (Fsp3) is 0.143. The van der Waals surface area contributed by atoms with Gasteiger partial charge in [-0.2, -0.15) is 0 Å². The molecule has 20 heteroatoms. The Bertz CT molecular complexity index is 2590. The van der Waals surface area contributed by atoms with Gasteiger partial charge in [0.05, 0.1) is 0 Å². The van der Waals surface area contributed by atoms with Crippen molar-refractivity contribution in [2.75, 3.05) is 72.7 Å². The van der Waals surface area contributed by atoms with E-state index in [4.69, 9.17) is 18.1 Å². The second kappa shape index (κ2) is 25.6. The van der Waals surface area contributed by atoms with Crippen LogP contribution in [0.3, 0.4) is 0 Å². The molecule has 0 aliphatic carbocycles. The molecule has 0 aromatic heterocycles. The lowest BCUT2D eigenvalue weighted by atomic mass is 10.3. The molecule has 0 spiro atoms. The lowest BCUT2D eigenvalue weighted by Crippen LogP contribution is -2.46. The molecule has 4 atom stereocenters. The van der Waals surface area contributed by atoms with Crippen molar-refractivity contribution in [2.24, 2.45) is 0 Å². The van der Waals surface area contributed by atoms with Gasteiger partial charge in [-0.05, 0) is 97.1 Å². The van der Waals surface area contributed by atoms with Gasteiger partial charge in [0.1, 0.15) is 23.0 Å². The molecule has 2 aliphatic heterocycles. The smallest absolute Gasteiger partial charge is 0.418 e. The van der Waals surface area contributed by atoms with Crippen LogP contribution in [-0.4, -0.2) is 71.0 Å². The van der Waals surface area contributed by atoms with Crippen molar-refractivity contribution >= 4 is 53.4 Å². The Labute approximate surface area is 444 Å². The number of para-hydroxylation sites is 8. The molecule has 10 rings (SSSR count). The lowest BCUT2D eigenvalue weighted by Gasteiger charge is -2.40. The van der Waals surface area contributed by atoms with Crippen LogP contribution in [0.15, 0.2) is 243 Å². The zero-order valence-corrected chi connectivity index (χ0v) is 45.2. The van der Waals surface area contributed by atoms with Gasteiger partial charge in [0.2, 0.25) is 0 Å². The molecule has 16 nitrogen and oxygen atoms in total. The molecule has 392 valence electrons. The third kappa shape index (κ3) is 14.6. The summed E-state index contributed by atoms with van der Waals surface area (Å²) in [4.78, 5) is 0. The number of nitrogens with zero attached hydrogens (tertiary/aromatic N) is 4. The van der Waals surface area contributed by atoms with Gasteiger partial charge in [0, 0.05) is 75.1 Å². The predicted octanol–water partition coefficient (Wildman–Crippen LogP) is 14.4. The van der Waals surface area contributed by atoms with Crippen LogP contribution in [-0.2, 0) is 18.3 Å². The minimum Gasteiger partial charge on any atom is -0.418 e. The summed E-state index contributed by atoms with van der Waals surface area (Å²) in [6.45, 7) is 2.80. The fourth-order valence-corrected chi connectivity index (χ4v) is 15.8. The maximum absolute atomic E-state index is 14.3. The highest BCUT2D eigenvalue weighted by Crippen LogP contribution is 2.57. The number of piperazine rings is 2. The van der Waals surface area contributed by atoms with Gasteiger partial charge in [-0.1, -0.05) is 146 Å². The van der Waals surface area contributed by atoms with Crippen molar-refractivity contribution in [3.05, 3.63) is 243 Å². The molecule has 0 saturated carbocycles. The summed E-state index contributed by atoms with van der Waals surface area (Å²) in [5.74, 6) is 2.02. The molecule has 4 N–H and O–H groups in total. The molecule has 0 bridgehead atoms. The molecule has 0 radical (unpaired) electrons. The maximum Gasteiger partial charge on any atom is 0.419 e. The molecule has 0 unspecified atom stereocenters. The second-order valence-corrected chi connectivity index (χ2v) is 25.5. The first-order chi connectivity index (χ1) is 37.0. The molecule has 8 aromatic rings. The van der Waals surface area contributed by atoms with Gasteiger partial charge in [0.25, 0.3) is 0 Å². The minimum absolute atomic E-state index is 0.350. The van der Waals surface area contributed by atoms with Crippen molar-refractivity contribution in [1.29, 1.82) is 0 Å². The lowest BCUT2D eigenvalue weighted by molar-refractivity contribution is 0.239. The molecule has 8 aromatic carbocycles. The van der Waals surface area contributed by atoms with Crippen molar-refractivity contribution in [3.63, 3.8) is 0 Å². The van der Waals surface area contributed by atoms with Gasteiger partial charge in [-0.25, -0.2) is 36.9 Å². The Morgan fingerprint density at radius 3 is 0.539 bits per heavy atom. The summed E-state index contributed by atoms with van der Waals surface area (Å²) >= 11 is 0. The second-order valence-electron chi connectivity index (χ2n) is 17.4. The topological polar surface area (TPSA) is 166 Å². The van der Waals surface area contributed by atoms with Crippen LogP contribution < -0.4 is 38.4 Å². The van der Waals surface area contributed by atoms with E-state index in [0.29, 0.717) is 98.1 Å². The first-order valence-electron chi connectivity index (χ1n) is 24.8. The van der Waals surface area contributed by atoms with Gasteiger partial charge in [-0.15, -0.1) is 0 Å². The number of benzene rings is 8. The summed E-state index contributed by atoms with van der Waals surface area (Å²) in [6.07, 6.45) is 0. The van der Waals surface area contributed by atoms with Crippen molar-refractivity contribution in [1.82, 2.24) is 18.7 Å². The summed E-state index contributed by atoms with van der Waals surface area (Å²) < 4.78 is 88.8. The Morgan fingerprint density at radius 2 is 0.382 bits per heavy atom. The monoisotopic (exact) mass is 1100 g/mol. The highest BCUT2D eigenvalue weighted by Gasteiger charge is 2.44. The first-order valence-corrected chi connectivity index (χ1v) is 31.1. The average molecular weight is 1100 g/mol. The van der Waals surface area contributed by atoms with E-state index in [2.05, 4.69) is 20.3 Å². The third-order valence-corrected chi connectivity index (χ3v) is 20.6. The Hall–Kier alpha value is -7.08.